The molecular formula is C20H31N3O8S. The monoisotopic (exact) mass is 473 g/mol. The van der Waals surface area contributed by atoms with Gasteiger partial charge in [0, 0.05) is 42.0 Å². The van der Waals surface area contributed by atoms with Crippen molar-refractivity contribution in [2.24, 2.45) is 11.3 Å². The van der Waals surface area contributed by atoms with Crippen LogP contribution in [0.3, 0.4) is 0 Å². The van der Waals surface area contributed by atoms with Crippen molar-refractivity contribution in [1.82, 2.24) is 15.5 Å². The molecule has 0 spiro atoms. The van der Waals surface area contributed by atoms with Crippen molar-refractivity contribution in [1.29, 1.82) is 0 Å². The predicted octanol–water partition coefficient (Wildman–Crippen LogP) is -1.37. The molecule has 1 fully saturated rings. The molecule has 0 aromatic heterocycles. The van der Waals surface area contributed by atoms with Gasteiger partial charge in [0.25, 0.3) is 0 Å². The van der Waals surface area contributed by atoms with Gasteiger partial charge in [-0.1, -0.05) is 13.8 Å². The number of carboxylic acid groups (broad SMARTS) is 1. The maximum atomic E-state index is 12.2. The Morgan fingerprint density at radius 1 is 1.22 bits per heavy atom. The summed E-state index contributed by atoms with van der Waals surface area (Å²) < 4.78 is 0. The predicted molar refractivity (Wildman–Crippen MR) is 115 cm³/mol. The van der Waals surface area contributed by atoms with E-state index in [1.54, 1.807) is 13.8 Å². The molecule has 32 heavy (non-hydrogen) atoms. The van der Waals surface area contributed by atoms with E-state index in [9.17, 15) is 39.6 Å². The molecule has 0 radical (unpaired) electrons. The van der Waals surface area contributed by atoms with E-state index in [0.29, 0.717) is 17.1 Å². The topological polar surface area (TPSA) is 176 Å². The summed E-state index contributed by atoms with van der Waals surface area (Å²) in [4.78, 5) is 49.3. The van der Waals surface area contributed by atoms with Crippen LogP contribution in [0.25, 0.3) is 0 Å². The number of carbonyl (C=O) groups is 4. The van der Waals surface area contributed by atoms with Gasteiger partial charge in [-0.05, 0) is 6.92 Å². The fourth-order valence-corrected chi connectivity index (χ4v) is 4.71. The number of carbonyl (C=O) groups excluding carboxylic acids is 3. The summed E-state index contributed by atoms with van der Waals surface area (Å²) >= 11 is 1.25. The third-order valence-corrected chi connectivity index (χ3v) is 6.76. The highest BCUT2D eigenvalue weighted by molar-refractivity contribution is 8.03. The summed E-state index contributed by atoms with van der Waals surface area (Å²) in [6, 6.07) is -0.347. The van der Waals surface area contributed by atoms with Crippen LogP contribution in [0.1, 0.15) is 33.6 Å². The molecule has 0 aromatic carbocycles. The van der Waals surface area contributed by atoms with Crippen LogP contribution in [0, 0.1) is 11.3 Å². The maximum Gasteiger partial charge on any atom is 0.353 e. The second-order valence-electron chi connectivity index (χ2n) is 8.61. The summed E-state index contributed by atoms with van der Waals surface area (Å²) in [5, 5.41) is 43.4. The lowest BCUT2D eigenvalue weighted by Gasteiger charge is -2.44. The normalized spacial score (nSPS) is 22.2. The van der Waals surface area contributed by atoms with Crippen LogP contribution in [0.2, 0.25) is 0 Å². The lowest BCUT2D eigenvalue weighted by atomic mass is 9.83. The largest absolute Gasteiger partial charge is 0.477 e. The van der Waals surface area contributed by atoms with Crippen LogP contribution >= 0.6 is 11.8 Å². The minimum absolute atomic E-state index is 0.00776. The minimum Gasteiger partial charge on any atom is -0.477 e. The Labute approximate surface area is 190 Å². The van der Waals surface area contributed by atoms with Crippen molar-refractivity contribution in [3.05, 3.63) is 10.6 Å². The van der Waals surface area contributed by atoms with Gasteiger partial charge in [0.05, 0.1) is 24.7 Å². The van der Waals surface area contributed by atoms with Gasteiger partial charge in [0.1, 0.15) is 11.8 Å². The quantitative estimate of drug-likeness (QED) is 0.147. The summed E-state index contributed by atoms with van der Waals surface area (Å²) in [5.74, 6) is -2.79. The van der Waals surface area contributed by atoms with Crippen LogP contribution < -0.4 is 10.6 Å². The van der Waals surface area contributed by atoms with Crippen LogP contribution in [0.4, 0.5) is 0 Å². The number of nitrogens with zero attached hydrogens (tertiary/aromatic N) is 1. The fraction of sp³-hybridized carbons (Fsp3) is 0.700. The zero-order chi connectivity index (χ0) is 24.2. The molecule has 0 aromatic rings. The molecule has 0 bridgehead atoms. The van der Waals surface area contributed by atoms with Crippen molar-refractivity contribution in [3.8, 4) is 0 Å². The Morgan fingerprint density at radius 3 is 2.44 bits per heavy atom. The highest BCUT2D eigenvalue weighted by Crippen LogP contribution is 2.46. The highest BCUT2D eigenvalue weighted by Gasteiger charge is 2.56. The molecule has 2 unspecified atom stereocenters. The van der Waals surface area contributed by atoms with Crippen molar-refractivity contribution >= 4 is 35.5 Å². The molecule has 6 N–H and O–H groups in total. The molecule has 1 saturated heterocycles. The first-order valence-corrected chi connectivity index (χ1v) is 11.3. The van der Waals surface area contributed by atoms with Gasteiger partial charge in [-0.3, -0.25) is 14.4 Å². The summed E-state index contributed by atoms with van der Waals surface area (Å²) in [6.45, 7) is 4.50. The number of β-lactam (4-membered cyclic amide) rings is 1. The number of carboxylic acids is 1. The number of rotatable bonds is 12. The molecule has 12 heteroatoms. The van der Waals surface area contributed by atoms with Gasteiger partial charge in [-0.2, -0.15) is 0 Å². The third-order valence-electron chi connectivity index (χ3n) is 5.64. The Balaban J connectivity index is 1.73. The number of amides is 3. The van der Waals surface area contributed by atoms with Gasteiger partial charge in [-0.15, -0.1) is 11.8 Å². The Morgan fingerprint density at radius 2 is 1.88 bits per heavy atom. The van der Waals surface area contributed by atoms with E-state index in [1.165, 1.54) is 23.6 Å². The summed E-state index contributed by atoms with van der Waals surface area (Å²) in [5.41, 5.74) is -1.05. The molecule has 11 nitrogen and oxygen atoms in total. The van der Waals surface area contributed by atoms with Gasteiger partial charge in [0.2, 0.25) is 17.7 Å². The van der Waals surface area contributed by atoms with Gasteiger partial charge >= 0.3 is 5.97 Å². The second kappa shape index (κ2) is 10.6. The number of aliphatic carboxylic acids is 1. The Bertz CT molecular complexity index is 798. The summed E-state index contributed by atoms with van der Waals surface area (Å²) in [7, 11) is 0. The molecule has 2 aliphatic heterocycles. The fourth-order valence-electron chi connectivity index (χ4n) is 3.65. The average Bonchev–Trinajstić information content (AvgIpc) is 3.04. The van der Waals surface area contributed by atoms with Crippen molar-refractivity contribution < 1.29 is 39.6 Å². The molecule has 3 amide bonds. The lowest BCUT2D eigenvalue weighted by Crippen LogP contribution is -2.61. The minimum atomic E-state index is -1.40. The number of hydrogen-bond acceptors (Lipinski definition) is 8. The Hall–Kier alpha value is -2.15. The zero-order valence-corrected chi connectivity index (χ0v) is 19.1. The number of thioether (sulfide) groups is 1. The number of aliphatic hydroxyl groups excluding tert-OH is 3. The van der Waals surface area contributed by atoms with Crippen molar-refractivity contribution in [3.63, 3.8) is 0 Å². The zero-order valence-electron chi connectivity index (χ0n) is 18.3. The SMILES string of the molecule is CC(O)[C@@H]1C(=O)N2C(C(=O)O)=C(SCCNC(=O)CCNC(=O)C(O)C(C)(C)CO)C[C@H]12. The van der Waals surface area contributed by atoms with E-state index < -0.39 is 35.4 Å². The van der Waals surface area contributed by atoms with E-state index in [4.69, 9.17) is 0 Å². The molecule has 2 heterocycles. The Kier molecular flexibility index (Phi) is 8.68. The maximum absolute atomic E-state index is 12.2. The van der Waals surface area contributed by atoms with E-state index in [0.717, 1.165) is 0 Å². The summed E-state index contributed by atoms with van der Waals surface area (Å²) in [6.07, 6.45) is -1.90. The molecule has 2 rings (SSSR count). The second-order valence-corrected chi connectivity index (χ2v) is 9.80. The van der Waals surface area contributed by atoms with Crippen LogP contribution in [-0.4, -0.2) is 92.7 Å². The molecule has 180 valence electrons. The lowest BCUT2D eigenvalue weighted by molar-refractivity contribution is -0.161. The van der Waals surface area contributed by atoms with Crippen LogP contribution in [0.5, 0.6) is 0 Å². The average molecular weight is 474 g/mol. The number of fused-ring (bicyclic) bond motifs is 1. The van der Waals surface area contributed by atoms with Crippen LogP contribution in [0.15, 0.2) is 10.6 Å². The first-order chi connectivity index (χ1) is 14.9. The number of aliphatic hydroxyl groups is 3. The smallest absolute Gasteiger partial charge is 0.353 e. The molecular weight excluding hydrogens is 442 g/mol. The van der Waals surface area contributed by atoms with Crippen LogP contribution in [-0.2, 0) is 19.2 Å². The number of hydrogen-bond donors (Lipinski definition) is 6. The highest BCUT2D eigenvalue weighted by atomic mass is 32.2. The van der Waals surface area contributed by atoms with Crippen molar-refractivity contribution in [2.75, 3.05) is 25.4 Å². The van der Waals surface area contributed by atoms with E-state index in [2.05, 4.69) is 10.6 Å². The first-order valence-electron chi connectivity index (χ1n) is 10.4. The standard InChI is InChI=1S/C20H31N3O8S/c1-10(25)14-11-8-12(15(19(30)31)23(11)18(14)29)32-7-6-21-13(26)4-5-22-17(28)16(27)20(2,3)9-24/h10-11,14,16,24-25,27H,4-9H2,1-3H3,(H,21,26)(H,22,28)(H,30,31)/t10?,11-,14+,16?/m1/s1. The van der Waals surface area contributed by atoms with Gasteiger partial charge < -0.3 is 36.0 Å². The van der Waals surface area contributed by atoms with E-state index in [-0.39, 0.29) is 49.7 Å². The van der Waals surface area contributed by atoms with E-state index >= 15 is 0 Å². The third kappa shape index (κ3) is 5.61. The van der Waals surface area contributed by atoms with Gasteiger partial charge in [0.15, 0.2) is 0 Å². The molecule has 0 saturated carbocycles. The van der Waals surface area contributed by atoms with Crippen molar-refractivity contribution in [2.45, 2.75) is 51.9 Å². The van der Waals surface area contributed by atoms with E-state index in [1.807, 2.05) is 0 Å². The first kappa shape index (κ1) is 26.1. The number of nitrogens with one attached hydrogen (secondary N) is 2. The molecule has 2 aliphatic rings. The van der Waals surface area contributed by atoms with Gasteiger partial charge in [-0.25, -0.2) is 4.79 Å². The molecule has 0 aliphatic carbocycles. The molecule has 4 atom stereocenters.